The summed E-state index contributed by atoms with van der Waals surface area (Å²) in [5, 5.41) is 5.86. The molecule has 5 rings (SSSR count). The minimum Gasteiger partial charge on any atom is -0.353 e. The SMILES string of the molecule is O=C(Nc1ccc(F)c(C(=O)c2ccc3ncc(N4CCNCC4)nc3c2)c1)c1cccc(F)c1. The van der Waals surface area contributed by atoms with Gasteiger partial charge in [0.05, 0.1) is 22.8 Å². The second-order valence-electron chi connectivity index (χ2n) is 8.16. The summed E-state index contributed by atoms with van der Waals surface area (Å²) in [7, 11) is 0. The van der Waals surface area contributed by atoms with Crippen LogP contribution >= 0.6 is 0 Å². The lowest BCUT2D eigenvalue weighted by molar-refractivity contribution is 0.101. The van der Waals surface area contributed by atoms with Crippen LogP contribution in [0.25, 0.3) is 11.0 Å². The molecular formula is C26H21F2N5O2. The predicted molar refractivity (Wildman–Crippen MR) is 129 cm³/mol. The first-order valence-corrected chi connectivity index (χ1v) is 11.1. The quantitative estimate of drug-likeness (QED) is 0.429. The van der Waals surface area contributed by atoms with Gasteiger partial charge in [-0.25, -0.2) is 13.8 Å². The van der Waals surface area contributed by atoms with E-state index in [0.29, 0.717) is 11.0 Å². The summed E-state index contributed by atoms with van der Waals surface area (Å²) in [5.74, 6) is -1.68. The minimum absolute atomic E-state index is 0.107. The van der Waals surface area contributed by atoms with Crippen molar-refractivity contribution in [1.82, 2.24) is 15.3 Å². The van der Waals surface area contributed by atoms with Gasteiger partial charge in [0.15, 0.2) is 5.78 Å². The van der Waals surface area contributed by atoms with Crippen LogP contribution in [0.15, 0.2) is 66.9 Å². The molecule has 0 radical (unpaired) electrons. The minimum atomic E-state index is -0.723. The van der Waals surface area contributed by atoms with E-state index < -0.39 is 23.3 Å². The molecule has 1 aromatic heterocycles. The summed E-state index contributed by atoms with van der Waals surface area (Å²) in [5.41, 5.74) is 1.52. The average Bonchev–Trinajstić information content (AvgIpc) is 2.89. The van der Waals surface area contributed by atoms with E-state index in [1.807, 2.05) is 0 Å². The zero-order chi connectivity index (χ0) is 24.4. The van der Waals surface area contributed by atoms with Crippen LogP contribution in [0.5, 0.6) is 0 Å². The van der Waals surface area contributed by atoms with E-state index in [2.05, 4.69) is 25.5 Å². The molecule has 1 aliphatic heterocycles. The number of aromatic nitrogens is 2. The molecule has 0 aliphatic carbocycles. The van der Waals surface area contributed by atoms with Gasteiger partial charge in [-0.3, -0.25) is 14.6 Å². The molecule has 7 nitrogen and oxygen atoms in total. The predicted octanol–water partition coefficient (Wildman–Crippen LogP) is 3.80. The molecule has 9 heteroatoms. The summed E-state index contributed by atoms with van der Waals surface area (Å²) < 4.78 is 28.0. The van der Waals surface area contributed by atoms with Gasteiger partial charge in [0.2, 0.25) is 0 Å². The number of halogens is 2. The van der Waals surface area contributed by atoms with Crippen LogP contribution in [0, 0.1) is 11.6 Å². The number of hydrogen-bond acceptors (Lipinski definition) is 6. The molecule has 2 N–H and O–H groups in total. The van der Waals surface area contributed by atoms with Gasteiger partial charge in [-0.1, -0.05) is 6.07 Å². The molecule has 1 amide bonds. The van der Waals surface area contributed by atoms with Gasteiger partial charge in [0, 0.05) is 43.0 Å². The molecule has 1 fully saturated rings. The molecule has 0 saturated carbocycles. The van der Waals surface area contributed by atoms with Crippen LogP contribution < -0.4 is 15.5 Å². The Bertz CT molecular complexity index is 1440. The molecule has 1 saturated heterocycles. The highest BCUT2D eigenvalue weighted by Gasteiger charge is 2.18. The van der Waals surface area contributed by atoms with Crippen LogP contribution in [-0.2, 0) is 0 Å². The van der Waals surface area contributed by atoms with E-state index >= 15 is 0 Å². The topological polar surface area (TPSA) is 87.2 Å². The molecular weight excluding hydrogens is 452 g/mol. The Kier molecular flexibility index (Phi) is 6.15. The normalized spacial score (nSPS) is 13.6. The summed E-state index contributed by atoms with van der Waals surface area (Å²) in [6.07, 6.45) is 1.71. The number of ketones is 1. The smallest absolute Gasteiger partial charge is 0.255 e. The Labute approximate surface area is 199 Å². The van der Waals surface area contributed by atoms with Crippen molar-refractivity contribution in [3.8, 4) is 0 Å². The van der Waals surface area contributed by atoms with E-state index in [4.69, 9.17) is 0 Å². The van der Waals surface area contributed by atoms with Gasteiger partial charge < -0.3 is 15.5 Å². The summed E-state index contributed by atoms with van der Waals surface area (Å²) in [4.78, 5) is 36.8. The van der Waals surface area contributed by atoms with Crippen molar-refractivity contribution >= 4 is 34.2 Å². The van der Waals surface area contributed by atoms with Crippen LogP contribution in [0.4, 0.5) is 20.3 Å². The first-order chi connectivity index (χ1) is 17.0. The fourth-order valence-corrected chi connectivity index (χ4v) is 3.95. The fraction of sp³-hybridized carbons (Fsp3) is 0.154. The van der Waals surface area contributed by atoms with Crippen molar-refractivity contribution in [1.29, 1.82) is 0 Å². The van der Waals surface area contributed by atoms with Crippen LogP contribution in [0.3, 0.4) is 0 Å². The zero-order valence-electron chi connectivity index (χ0n) is 18.6. The van der Waals surface area contributed by atoms with Crippen molar-refractivity contribution in [3.05, 3.63) is 95.2 Å². The number of amides is 1. The number of nitrogens with zero attached hydrogens (tertiary/aromatic N) is 3. The van der Waals surface area contributed by atoms with Crippen molar-refractivity contribution in [2.45, 2.75) is 0 Å². The number of carbonyl (C=O) groups is 2. The number of piperazine rings is 1. The largest absolute Gasteiger partial charge is 0.353 e. The molecule has 0 atom stereocenters. The van der Waals surface area contributed by atoms with E-state index in [9.17, 15) is 18.4 Å². The van der Waals surface area contributed by atoms with Crippen molar-refractivity contribution < 1.29 is 18.4 Å². The van der Waals surface area contributed by atoms with Gasteiger partial charge >= 0.3 is 0 Å². The maximum atomic E-state index is 14.6. The average molecular weight is 473 g/mol. The van der Waals surface area contributed by atoms with Gasteiger partial charge in [-0.15, -0.1) is 0 Å². The number of carbonyl (C=O) groups excluding carboxylic acids is 2. The molecule has 0 unspecified atom stereocenters. The van der Waals surface area contributed by atoms with Crippen LogP contribution in [0.1, 0.15) is 26.3 Å². The first kappa shape index (κ1) is 22.5. The molecule has 3 aromatic carbocycles. The first-order valence-electron chi connectivity index (χ1n) is 11.1. The van der Waals surface area contributed by atoms with E-state index in [1.165, 1.54) is 30.3 Å². The van der Waals surface area contributed by atoms with Crippen molar-refractivity contribution in [2.75, 3.05) is 36.4 Å². The lowest BCUT2D eigenvalue weighted by Gasteiger charge is -2.28. The van der Waals surface area contributed by atoms with E-state index in [0.717, 1.165) is 44.1 Å². The number of hydrogen-bond donors (Lipinski definition) is 2. The second kappa shape index (κ2) is 9.55. The van der Waals surface area contributed by atoms with E-state index in [1.54, 1.807) is 24.4 Å². The second-order valence-corrected chi connectivity index (χ2v) is 8.16. The van der Waals surface area contributed by atoms with Gasteiger partial charge in [0.25, 0.3) is 5.91 Å². The lowest BCUT2D eigenvalue weighted by Crippen LogP contribution is -2.43. The lowest BCUT2D eigenvalue weighted by atomic mass is 10.0. The third kappa shape index (κ3) is 4.85. The Hall–Kier alpha value is -4.24. The van der Waals surface area contributed by atoms with Crippen molar-refractivity contribution in [2.24, 2.45) is 0 Å². The van der Waals surface area contributed by atoms with Crippen LogP contribution in [0.2, 0.25) is 0 Å². The Morgan fingerprint density at radius 2 is 1.74 bits per heavy atom. The number of rotatable bonds is 5. The van der Waals surface area contributed by atoms with Gasteiger partial charge in [-0.05, 0) is 54.6 Å². The number of benzene rings is 3. The Morgan fingerprint density at radius 1 is 0.914 bits per heavy atom. The van der Waals surface area contributed by atoms with Crippen molar-refractivity contribution in [3.63, 3.8) is 0 Å². The molecule has 1 aliphatic rings. The highest BCUT2D eigenvalue weighted by molar-refractivity contribution is 6.11. The van der Waals surface area contributed by atoms with E-state index in [-0.39, 0.29) is 22.4 Å². The molecule has 2 heterocycles. The highest BCUT2D eigenvalue weighted by atomic mass is 19.1. The summed E-state index contributed by atoms with van der Waals surface area (Å²) >= 11 is 0. The number of fused-ring (bicyclic) bond motifs is 1. The molecule has 176 valence electrons. The zero-order valence-corrected chi connectivity index (χ0v) is 18.6. The Morgan fingerprint density at radius 3 is 2.54 bits per heavy atom. The summed E-state index contributed by atoms with van der Waals surface area (Å²) in [6.45, 7) is 3.31. The molecule has 0 spiro atoms. The standard InChI is InChI=1S/C26H21F2N5O2/c27-18-3-1-2-17(12-18)26(35)31-19-5-6-21(28)20(14-19)25(34)16-4-7-22-23(13-16)32-24(15-30-22)33-10-8-29-9-11-33/h1-7,12-15,29H,8-11H2,(H,31,35). The maximum Gasteiger partial charge on any atom is 0.255 e. The third-order valence-corrected chi connectivity index (χ3v) is 5.79. The van der Waals surface area contributed by atoms with Gasteiger partial charge in [-0.2, -0.15) is 0 Å². The summed E-state index contributed by atoms with van der Waals surface area (Å²) in [6, 6.07) is 13.7. The van der Waals surface area contributed by atoms with Crippen LogP contribution in [-0.4, -0.2) is 47.8 Å². The molecule has 0 bridgehead atoms. The monoisotopic (exact) mass is 473 g/mol. The number of nitrogens with one attached hydrogen (secondary N) is 2. The third-order valence-electron chi connectivity index (χ3n) is 5.79. The maximum absolute atomic E-state index is 14.6. The fourth-order valence-electron chi connectivity index (χ4n) is 3.95. The Balaban J connectivity index is 1.41. The van der Waals surface area contributed by atoms with Gasteiger partial charge in [0.1, 0.15) is 17.5 Å². The number of anilines is 2. The molecule has 4 aromatic rings. The molecule has 35 heavy (non-hydrogen) atoms. The highest BCUT2D eigenvalue weighted by Crippen LogP contribution is 2.22.